The Bertz CT molecular complexity index is 783. The van der Waals surface area contributed by atoms with Gasteiger partial charge in [0.05, 0.1) is 30.1 Å². The molecule has 0 aliphatic carbocycles. The van der Waals surface area contributed by atoms with E-state index in [1.807, 2.05) is 6.92 Å². The Balaban J connectivity index is 2.15. The van der Waals surface area contributed by atoms with Crippen molar-refractivity contribution in [2.75, 3.05) is 30.4 Å². The summed E-state index contributed by atoms with van der Waals surface area (Å²) in [5.74, 6) is 1.11. The average Bonchev–Trinajstić information content (AvgIpc) is 2.61. The SMILES string of the molecule is COc1cc(NNNN(C(=N)N)c2ccc(N)cc2)c(Br)c(OC)c1C. The molecule has 0 saturated carbocycles. The topological polar surface area (TPSA) is 134 Å². The molecule has 0 unspecified atom stereocenters. The summed E-state index contributed by atoms with van der Waals surface area (Å²) >= 11 is 3.50. The van der Waals surface area contributed by atoms with E-state index in [4.69, 9.17) is 26.4 Å². The molecule has 0 aliphatic rings. The summed E-state index contributed by atoms with van der Waals surface area (Å²) in [6, 6.07) is 8.70. The van der Waals surface area contributed by atoms with Gasteiger partial charge < -0.3 is 26.4 Å². The molecule has 26 heavy (non-hydrogen) atoms. The largest absolute Gasteiger partial charge is 0.496 e. The van der Waals surface area contributed by atoms with E-state index in [-0.39, 0.29) is 5.96 Å². The third-order valence-corrected chi connectivity index (χ3v) is 4.39. The number of guanidine groups is 1. The number of nitrogens with zero attached hydrogens (tertiary/aromatic N) is 1. The van der Waals surface area contributed by atoms with Gasteiger partial charge in [0.25, 0.3) is 0 Å². The number of nitrogens with two attached hydrogens (primary N) is 2. The van der Waals surface area contributed by atoms with Crippen LogP contribution < -0.4 is 42.4 Å². The predicted molar refractivity (Wildman–Crippen MR) is 107 cm³/mol. The van der Waals surface area contributed by atoms with Crippen molar-refractivity contribution in [2.24, 2.45) is 5.73 Å². The number of anilines is 3. The molecule has 2 rings (SSSR count). The van der Waals surface area contributed by atoms with Crippen LogP contribution in [0.25, 0.3) is 0 Å². The number of methoxy groups -OCH3 is 2. The monoisotopic (exact) mass is 423 g/mol. The number of rotatable bonds is 7. The molecule has 0 bridgehead atoms. The Labute approximate surface area is 160 Å². The van der Waals surface area contributed by atoms with Gasteiger partial charge in [0.15, 0.2) is 0 Å². The minimum atomic E-state index is -0.206. The number of halogens is 1. The van der Waals surface area contributed by atoms with E-state index < -0.39 is 0 Å². The third kappa shape index (κ3) is 4.28. The lowest BCUT2D eigenvalue weighted by atomic mass is 10.2. The molecule has 2 aromatic carbocycles. The molecule has 140 valence electrons. The van der Waals surface area contributed by atoms with E-state index in [0.29, 0.717) is 28.6 Å². The van der Waals surface area contributed by atoms with Gasteiger partial charge in [-0.15, -0.1) is 5.53 Å². The van der Waals surface area contributed by atoms with E-state index >= 15 is 0 Å². The maximum absolute atomic E-state index is 7.72. The fourth-order valence-corrected chi connectivity index (χ4v) is 2.96. The first-order valence-corrected chi connectivity index (χ1v) is 8.35. The van der Waals surface area contributed by atoms with Crippen molar-refractivity contribution in [1.82, 2.24) is 11.1 Å². The lowest BCUT2D eigenvalue weighted by Crippen LogP contribution is -2.54. The molecular formula is C16H22BrN7O2. The van der Waals surface area contributed by atoms with Gasteiger partial charge in [0.1, 0.15) is 11.5 Å². The Morgan fingerprint density at radius 3 is 2.38 bits per heavy atom. The zero-order valence-electron chi connectivity index (χ0n) is 14.7. The zero-order valence-corrected chi connectivity index (χ0v) is 16.3. The van der Waals surface area contributed by atoms with Crippen LogP contribution in [0.3, 0.4) is 0 Å². The molecule has 0 heterocycles. The molecule has 0 amide bonds. The van der Waals surface area contributed by atoms with Crippen LogP contribution in [0, 0.1) is 12.3 Å². The highest BCUT2D eigenvalue weighted by molar-refractivity contribution is 9.10. The van der Waals surface area contributed by atoms with Crippen LogP contribution in [-0.2, 0) is 0 Å². The Hall–Kier alpha value is -2.69. The highest BCUT2D eigenvalue weighted by Gasteiger charge is 2.15. The summed E-state index contributed by atoms with van der Waals surface area (Å²) in [5.41, 5.74) is 22.7. The Morgan fingerprint density at radius 1 is 1.19 bits per heavy atom. The molecule has 10 heteroatoms. The lowest BCUT2D eigenvalue weighted by Gasteiger charge is -2.25. The van der Waals surface area contributed by atoms with Gasteiger partial charge in [0, 0.05) is 17.3 Å². The van der Waals surface area contributed by atoms with Gasteiger partial charge in [-0.25, -0.2) is 5.01 Å². The molecule has 0 radical (unpaired) electrons. The van der Waals surface area contributed by atoms with Crippen LogP contribution in [-0.4, -0.2) is 20.2 Å². The van der Waals surface area contributed by atoms with Gasteiger partial charge in [-0.2, -0.15) is 5.53 Å². The molecular weight excluding hydrogens is 402 g/mol. The average molecular weight is 424 g/mol. The number of ether oxygens (including phenoxy) is 2. The highest BCUT2D eigenvalue weighted by Crippen LogP contribution is 2.40. The van der Waals surface area contributed by atoms with E-state index in [2.05, 4.69) is 32.4 Å². The summed E-state index contributed by atoms with van der Waals surface area (Å²) in [6.45, 7) is 1.90. The minimum Gasteiger partial charge on any atom is -0.496 e. The van der Waals surface area contributed by atoms with Crippen molar-refractivity contribution in [3.63, 3.8) is 0 Å². The highest BCUT2D eigenvalue weighted by atomic mass is 79.9. The predicted octanol–water partition coefficient (Wildman–Crippen LogP) is 2.09. The molecule has 2 aromatic rings. The van der Waals surface area contributed by atoms with Gasteiger partial charge in [-0.1, -0.05) is 0 Å². The minimum absolute atomic E-state index is 0.206. The molecule has 0 fully saturated rings. The van der Waals surface area contributed by atoms with Gasteiger partial charge in [-0.3, -0.25) is 5.41 Å². The van der Waals surface area contributed by atoms with Crippen LogP contribution in [0.1, 0.15) is 5.56 Å². The summed E-state index contributed by atoms with van der Waals surface area (Å²) in [5, 5.41) is 9.05. The van der Waals surface area contributed by atoms with Crippen LogP contribution in [0.4, 0.5) is 17.1 Å². The molecule has 0 atom stereocenters. The fourth-order valence-electron chi connectivity index (χ4n) is 2.29. The van der Waals surface area contributed by atoms with Crippen molar-refractivity contribution >= 4 is 39.0 Å². The van der Waals surface area contributed by atoms with E-state index in [0.717, 1.165) is 10.0 Å². The van der Waals surface area contributed by atoms with E-state index in [1.165, 1.54) is 5.01 Å². The number of hydrazine groups is 3. The van der Waals surface area contributed by atoms with Crippen molar-refractivity contribution < 1.29 is 9.47 Å². The molecule has 0 saturated heterocycles. The molecule has 0 aliphatic heterocycles. The standard InChI is InChI=1S/C16H22BrN7O2/c1-9-13(25-2)8-12(14(17)15(9)26-3)21-22-23-24(16(19)20)11-6-4-10(18)5-7-11/h4-8,21-23H,18H2,1-3H3,(H3,19,20). The normalized spacial score (nSPS) is 10.3. The summed E-state index contributed by atoms with van der Waals surface area (Å²) in [7, 11) is 3.17. The Morgan fingerprint density at radius 2 is 1.85 bits per heavy atom. The smallest absolute Gasteiger partial charge is 0.209 e. The lowest BCUT2D eigenvalue weighted by molar-refractivity contribution is 0.387. The fraction of sp³-hybridized carbons (Fsp3) is 0.188. The number of nitrogen functional groups attached to an aromatic ring is 1. The Kier molecular flexibility index (Phi) is 6.50. The summed E-state index contributed by atoms with van der Waals surface area (Å²) in [4.78, 5) is 0. The van der Waals surface area contributed by atoms with Crippen LogP contribution in [0.15, 0.2) is 34.8 Å². The van der Waals surface area contributed by atoms with E-state index in [1.54, 1.807) is 44.6 Å². The number of hydrogen-bond donors (Lipinski definition) is 6. The number of benzene rings is 2. The van der Waals surface area contributed by atoms with Crippen molar-refractivity contribution in [3.8, 4) is 11.5 Å². The zero-order chi connectivity index (χ0) is 19.3. The molecule has 0 aromatic heterocycles. The summed E-state index contributed by atoms with van der Waals surface area (Å²) < 4.78 is 11.5. The molecule has 8 N–H and O–H groups in total. The second-order valence-electron chi connectivity index (χ2n) is 5.27. The molecule has 0 spiro atoms. The maximum atomic E-state index is 7.72. The van der Waals surface area contributed by atoms with Crippen molar-refractivity contribution in [2.45, 2.75) is 6.92 Å². The van der Waals surface area contributed by atoms with Gasteiger partial charge in [0.2, 0.25) is 5.96 Å². The summed E-state index contributed by atoms with van der Waals surface area (Å²) in [6.07, 6.45) is 0. The van der Waals surface area contributed by atoms with E-state index in [9.17, 15) is 0 Å². The second kappa shape index (κ2) is 8.61. The first-order valence-electron chi connectivity index (χ1n) is 7.56. The third-order valence-electron chi connectivity index (χ3n) is 3.60. The number of hydrogen-bond acceptors (Lipinski definition) is 7. The second-order valence-corrected chi connectivity index (χ2v) is 6.07. The van der Waals surface area contributed by atoms with Crippen molar-refractivity contribution in [3.05, 3.63) is 40.4 Å². The van der Waals surface area contributed by atoms with Crippen LogP contribution >= 0.6 is 15.9 Å². The first-order chi connectivity index (χ1) is 12.4. The maximum Gasteiger partial charge on any atom is 0.209 e. The quantitative estimate of drug-likeness (QED) is 0.172. The molecule has 9 nitrogen and oxygen atoms in total. The van der Waals surface area contributed by atoms with Crippen LogP contribution in [0.2, 0.25) is 0 Å². The first kappa shape index (κ1) is 19.6. The van der Waals surface area contributed by atoms with Gasteiger partial charge in [-0.05, 0) is 47.1 Å². The van der Waals surface area contributed by atoms with Crippen molar-refractivity contribution in [1.29, 1.82) is 5.41 Å². The van der Waals surface area contributed by atoms with Gasteiger partial charge >= 0.3 is 0 Å². The van der Waals surface area contributed by atoms with Crippen LogP contribution in [0.5, 0.6) is 11.5 Å². The number of nitrogens with one attached hydrogen (secondary N) is 4.